The maximum Gasteiger partial charge on any atom is 0.416 e. The molecule has 1 amide bonds. The van der Waals surface area contributed by atoms with Crippen LogP contribution in [0.2, 0.25) is 0 Å². The van der Waals surface area contributed by atoms with Crippen LogP contribution >= 0.6 is 23.1 Å². The fraction of sp³-hybridized carbons (Fsp3) is 0.531. The van der Waals surface area contributed by atoms with Crippen LogP contribution in [0.1, 0.15) is 59.1 Å². The number of nitrogens with one attached hydrogen (secondary N) is 1. The molecular weight excluding hydrogens is 652 g/mol. The van der Waals surface area contributed by atoms with Crippen molar-refractivity contribution in [3.05, 3.63) is 52.3 Å². The van der Waals surface area contributed by atoms with Gasteiger partial charge in [-0.3, -0.25) is 24.7 Å². The van der Waals surface area contributed by atoms with E-state index in [2.05, 4.69) is 41.9 Å². The molecule has 2 saturated heterocycles. The predicted molar refractivity (Wildman–Crippen MR) is 179 cm³/mol. The number of ether oxygens (including phenoxy) is 1. The van der Waals surface area contributed by atoms with Crippen molar-refractivity contribution in [3.8, 4) is 11.3 Å². The average Bonchev–Trinajstić information content (AvgIpc) is 3.68. The second-order valence-electron chi connectivity index (χ2n) is 11.7. The number of piperazine rings is 1. The summed E-state index contributed by atoms with van der Waals surface area (Å²) < 4.78 is 45.9. The van der Waals surface area contributed by atoms with Gasteiger partial charge in [0, 0.05) is 49.7 Å². The van der Waals surface area contributed by atoms with E-state index in [1.807, 2.05) is 11.8 Å². The highest BCUT2D eigenvalue weighted by Gasteiger charge is 2.32. The number of thioether (sulfide) groups is 1. The summed E-state index contributed by atoms with van der Waals surface area (Å²) in [5.41, 5.74) is 0.671. The Bertz CT molecular complexity index is 1530. The van der Waals surface area contributed by atoms with Gasteiger partial charge in [-0.25, -0.2) is 15.0 Å². The lowest BCUT2D eigenvalue weighted by atomic mass is 10.0. The molecule has 2 fully saturated rings. The standard InChI is InChI=1S/C32H40F3N7O3S2/c1-4-14-46-27-6-5-8-42(27)20-25-29(22-15-21(2)16-23(17-22)32(33,34)35)38-31(47-25)39-30(44)24-18-37-26(19-36-24)41-12-10-40(11-13-41)9-7-28(43)45-3/h15-19,27H,4-14,20H2,1-3H3,(H,38,39,44). The molecule has 5 rings (SSSR count). The molecule has 3 aromatic rings. The van der Waals surface area contributed by atoms with Crippen LogP contribution in [-0.4, -0.2) is 94.1 Å². The molecule has 254 valence electrons. The maximum absolute atomic E-state index is 13.7. The number of carbonyl (C=O) groups is 2. The molecule has 0 bridgehead atoms. The van der Waals surface area contributed by atoms with Gasteiger partial charge >= 0.3 is 12.1 Å². The van der Waals surface area contributed by atoms with E-state index in [0.29, 0.717) is 65.7 Å². The van der Waals surface area contributed by atoms with Gasteiger partial charge in [-0.15, -0.1) is 11.8 Å². The fourth-order valence-electron chi connectivity index (χ4n) is 5.74. The van der Waals surface area contributed by atoms with Crippen LogP contribution in [-0.2, 0) is 22.3 Å². The summed E-state index contributed by atoms with van der Waals surface area (Å²) in [5.74, 6) is 0.956. The Morgan fingerprint density at radius 3 is 2.57 bits per heavy atom. The molecular formula is C32H40F3N7O3S2. The number of hydrogen-bond donors (Lipinski definition) is 1. The highest BCUT2D eigenvalue weighted by Crippen LogP contribution is 2.39. The molecule has 2 aliphatic heterocycles. The molecule has 1 atom stereocenters. The number of alkyl halides is 3. The number of thiazole rings is 1. The van der Waals surface area contributed by atoms with Crippen LogP contribution in [0.3, 0.4) is 0 Å². The second-order valence-corrected chi connectivity index (χ2v) is 14.1. The van der Waals surface area contributed by atoms with Crippen LogP contribution in [0, 0.1) is 6.92 Å². The van der Waals surface area contributed by atoms with E-state index in [1.54, 1.807) is 19.2 Å². The Labute approximate surface area is 281 Å². The van der Waals surface area contributed by atoms with Crippen LogP contribution in [0.4, 0.5) is 24.1 Å². The number of benzene rings is 1. The number of hydrogen-bond acceptors (Lipinski definition) is 11. The highest BCUT2D eigenvalue weighted by atomic mass is 32.2. The summed E-state index contributed by atoms with van der Waals surface area (Å²) in [6.07, 6.45) is 2.02. The predicted octanol–water partition coefficient (Wildman–Crippen LogP) is 5.93. The smallest absolute Gasteiger partial charge is 0.416 e. The van der Waals surface area contributed by atoms with Crippen molar-refractivity contribution in [1.29, 1.82) is 0 Å². The molecule has 0 spiro atoms. The van der Waals surface area contributed by atoms with E-state index in [1.165, 1.54) is 24.6 Å². The summed E-state index contributed by atoms with van der Waals surface area (Å²) in [7, 11) is 1.38. The van der Waals surface area contributed by atoms with Crippen LogP contribution in [0.15, 0.2) is 30.6 Å². The first-order valence-corrected chi connectivity index (χ1v) is 17.6. The number of halogens is 3. The lowest BCUT2D eigenvalue weighted by molar-refractivity contribution is -0.141. The molecule has 1 aromatic carbocycles. The quantitative estimate of drug-likeness (QED) is 0.230. The van der Waals surface area contributed by atoms with E-state index in [9.17, 15) is 22.8 Å². The molecule has 15 heteroatoms. The van der Waals surface area contributed by atoms with Gasteiger partial charge in [-0.05, 0) is 62.2 Å². The zero-order chi connectivity index (χ0) is 33.6. The lowest BCUT2D eigenvalue weighted by Crippen LogP contribution is -2.47. The van der Waals surface area contributed by atoms with E-state index in [0.717, 1.165) is 61.7 Å². The van der Waals surface area contributed by atoms with Crippen molar-refractivity contribution in [2.24, 2.45) is 0 Å². The number of amides is 1. The van der Waals surface area contributed by atoms with Gasteiger partial charge in [0.1, 0.15) is 11.5 Å². The topological polar surface area (TPSA) is 104 Å². The summed E-state index contributed by atoms with van der Waals surface area (Å²) >= 11 is 3.18. The number of likely N-dealkylation sites (tertiary alicyclic amines) is 1. The number of carbonyl (C=O) groups excluding carboxylic acids is 2. The zero-order valence-corrected chi connectivity index (χ0v) is 28.4. The summed E-state index contributed by atoms with van der Waals surface area (Å²) in [4.78, 5) is 45.6. The van der Waals surface area contributed by atoms with Gasteiger partial charge in [0.15, 0.2) is 5.13 Å². The van der Waals surface area contributed by atoms with Gasteiger partial charge in [-0.1, -0.05) is 18.3 Å². The van der Waals surface area contributed by atoms with Gasteiger partial charge in [0.05, 0.1) is 42.6 Å². The van der Waals surface area contributed by atoms with Crippen LogP contribution in [0.25, 0.3) is 11.3 Å². The Balaban J connectivity index is 1.31. The molecule has 2 aromatic heterocycles. The van der Waals surface area contributed by atoms with Crippen molar-refractivity contribution in [3.63, 3.8) is 0 Å². The first kappa shape index (κ1) is 35.0. The van der Waals surface area contributed by atoms with Crippen molar-refractivity contribution in [2.45, 2.75) is 57.6 Å². The van der Waals surface area contributed by atoms with Crippen molar-refractivity contribution >= 4 is 45.9 Å². The van der Waals surface area contributed by atoms with Gasteiger partial charge < -0.3 is 9.64 Å². The number of anilines is 2. The number of aryl methyl sites for hydroxylation is 1. The summed E-state index contributed by atoms with van der Waals surface area (Å²) in [5, 5.41) is 3.44. The third-order valence-corrected chi connectivity index (χ3v) is 10.7. The third kappa shape index (κ3) is 9.21. The van der Waals surface area contributed by atoms with Crippen molar-refractivity contribution in [2.75, 3.05) is 62.3 Å². The normalized spacial score (nSPS) is 17.7. The first-order chi connectivity index (χ1) is 22.5. The molecule has 47 heavy (non-hydrogen) atoms. The Kier molecular flexibility index (Phi) is 11.7. The van der Waals surface area contributed by atoms with Crippen LogP contribution in [0.5, 0.6) is 0 Å². The minimum absolute atomic E-state index is 0.106. The van der Waals surface area contributed by atoms with Gasteiger partial charge in [0.25, 0.3) is 5.91 Å². The van der Waals surface area contributed by atoms with E-state index in [-0.39, 0.29) is 11.7 Å². The summed E-state index contributed by atoms with van der Waals surface area (Å²) in [6, 6.07) is 3.97. The Morgan fingerprint density at radius 2 is 1.89 bits per heavy atom. The minimum Gasteiger partial charge on any atom is -0.469 e. The third-order valence-electron chi connectivity index (χ3n) is 8.19. The van der Waals surface area contributed by atoms with E-state index < -0.39 is 17.6 Å². The average molecular weight is 692 g/mol. The zero-order valence-electron chi connectivity index (χ0n) is 26.8. The van der Waals surface area contributed by atoms with Gasteiger partial charge in [0.2, 0.25) is 0 Å². The molecule has 1 N–H and O–H groups in total. The SMILES string of the molecule is CCCSC1CCCN1Cc1sc(NC(=O)c2cnc(N3CCN(CCC(=O)OC)CC3)cn2)nc1-c1cc(C)cc(C(F)(F)F)c1. The molecule has 0 radical (unpaired) electrons. The van der Waals surface area contributed by atoms with E-state index in [4.69, 9.17) is 4.74 Å². The van der Waals surface area contributed by atoms with Crippen LogP contribution < -0.4 is 10.2 Å². The number of methoxy groups -OCH3 is 1. The molecule has 1 unspecified atom stereocenters. The number of esters is 1. The second kappa shape index (κ2) is 15.8. The highest BCUT2D eigenvalue weighted by molar-refractivity contribution is 7.99. The van der Waals surface area contributed by atoms with Gasteiger partial charge in [-0.2, -0.15) is 13.2 Å². The molecule has 10 nitrogen and oxygen atoms in total. The first-order valence-electron chi connectivity index (χ1n) is 15.8. The molecule has 2 aliphatic rings. The van der Waals surface area contributed by atoms with Crippen molar-refractivity contribution in [1.82, 2.24) is 24.8 Å². The van der Waals surface area contributed by atoms with Crippen molar-refractivity contribution < 1.29 is 27.5 Å². The summed E-state index contributed by atoms with van der Waals surface area (Å²) in [6.45, 7) is 8.78. The minimum atomic E-state index is -4.49. The Morgan fingerprint density at radius 1 is 1.11 bits per heavy atom. The Hall–Kier alpha value is -3.27. The number of rotatable bonds is 12. The number of aromatic nitrogens is 3. The monoisotopic (exact) mass is 691 g/mol. The molecule has 0 saturated carbocycles. The lowest BCUT2D eigenvalue weighted by Gasteiger charge is -2.35. The molecule has 4 heterocycles. The maximum atomic E-state index is 13.7. The molecule has 0 aliphatic carbocycles. The largest absolute Gasteiger partial charge is 0.469 e. The number of nitrogens with zero attached hydrogens (tertiary/aromatic N) is 6. The fourth-order valence-corrected chi connectivity index (χ4v) is 7.98. The van der Waals surface area contributed by atoms with E-state index >= 15 is 0 Å².